The number of benzene rings is 10. The Morgan fingerprint density at radius 1 is 0.532 bits per heavy atom. The van der Waals surface area contributed by atoms with E-state index in [-0.39, 0.29) is 43.2 Å². The third-order valence-electron chi connectivity index (χ3n) is 15.4. The molecule has 0 fully saturated rings. The fourth-order valence-electron chi connectivity index (χ4n) is 11.7. The second-order valence-electron chi connectivity index (χ2n) is 21.1. The van der Waals surface area contributed by atoms with E-state index in [9.17, 15) is 0 Å². The number of ether oxygens (including phenoxy) is 1. The van der Waals surface area contributed by atoms with Crippen molar-refractivity contribution in [3.05, 3.63) is 248 Å². The zero-order valence-corrected chi connectivity index (χ0v) is 45.4. The van der Waals surface area contributed by atoms with Crippen molar-refractivity contribution in [2.75, 3.05) is 0 Å². The molecule has 0 bridgehead atoms. The predicted molar refractivity (Wildman–Crippen MR) is 316 cm³/mol. The number of hydrogen-bond donors (Lipinski definition) is 0. The minimum Gasteiger partial charge on any atom is -0.510 e. The average molecular weight is 1200 g/mol. The largest absolute Gasteiger partial charge is 0.510 e. The van der Waals surface area contributed by atoms with Gasteiger partial charge in [0.25, 0.3) is 6.33 Å². The van der Waals surface area contributed by atoms with Crippen LogP contribution in [-0.4, -0.2) is 14.1 Å². The van der Waals surface area contributed by atoms with Gasteiger partial charge in [0.2, 0.25) is 0 Å². The third kappa shape index (κ3) is 7.80. The molecule has 14 aromatic rings. The van der Waals surface area contributed by atoms with Crippen molar-refractivity contribution in [1.82, 2.24) is 14.1 Å². The van der Waals surface area contributed by atoms with Crippen LogP contribution in [0.15, 0.2) is 217 Å². The zero-order valence-electron chi connectivity index (χ0n) is 49.1. The summed E-state index contributed by atoms with van der Waals surface area (Å²) in [6, 6.07) is 75.0. The molecular weight excluding hydrogens is 1150 g/mol. The van der Waals surface area contributed by atoms with Gasteiger partial charge in [-0.15, -0.1) is 29.7 Å². The monoisotopic (exact) mass is 1200 g/mol. The van der Waals surface area contributed by atoms with Crippen LogP contribution in [-0.2, 0) is 26.5 Å². The smallest absolute Gasteiger partial charge is 0.268 e. The van der Waals surface area contributed by atoms with E-state index >= 15 is 0 Å². The van der Waals surface area contributed by atoms with Crippen molar-refractivity contribution in [2.24, 2.45) is 0 Å². The summed E-state index contributed by atoms with van der Waals surface area (Å²) in [5.74, 6) is 1.75. The molecule has 0 aliphatic carbocycles. The van der Waals surface area contributed by atoms with Crippen LogP contribution in [0.1, 0.15) is 45.7 Å². The van der Waals surface area contributed by atoms with Gasteiger partial charge < -0.3 is 18.3 Å². The van der Waals surface area contributed by atoms with E-state index in [1.165, 1.54) is 23.8 Å². The van der Waals surface area contributed by atoms with E-state index in [2.05, 4.69) is 133 Å². The average Bonchev–Trinajstić information content (AvgIpc) is 2.03. The van der Waals surface area contributed by atoms with Crippen LogP contribution in [0, 0.1) is 32.2 Å². The Balaban J connectivity index is 0.00000640. The number of pyridine rings is 1. The molecule has 6 nitrogen and oxygen atoms in total. The number of nitrogens with zero attached hydrogens (tertiary/aromatic N) is 4. The van der Waals surface area contributed by atoms with Crippen LogP contribution >= 0.6 is 0 Å². The molecule has 1 aliphatic rings. The maximum Gasteiger partial charge on any atom is 0.268 e. The second-order valence-corrected chi connectivity index (χ2v) is 21.1. The molecule has 0 saturated heterocycles. The number of hydrogen-bond acceptors (Lipinski definition) is 3. The van der Waals surface area contributed by atoms with Crippen LogP contribution in [0.3, 0.4) is 0 Å². The minimum atomic E-state index is -2.66. The number of imidazole rings is 1. The topological polar surface area (TPSA) is 49.0 Å². The maximum atomic E-state index is 8.86. The molecule has 382 valence electrons. The molecule has 0 unspecified atom stereocenters. The fraction of sp³-hybridized carbons (Fsp3) is 0.0833. The summed E-state index contributed by atoms with van der Waals surface area (Å²) in [5, 5.41) is 3.92. The van der Waals surface area contributed by atoms with E-state index in [0.29, 0.717) is 33.9 Å². The van der Waals surface area contributed by atoms with Gasteiger partial charge in [0.15, 0.2) is 0 Å². The summed E-state index contributed by atoms with van der Waals surface area (Å²) < 4.78 is 72.6. The summed E-state index contributed by atoms with van der Waals surface area (Å²) >= 11 is 0. The van der Waals surface area contributed by atoms with Gasteiger partial charge in [-0.2, -0.15) is 18.2 Å². The first-order valence-electron chi connectivity index (χ1n) is 29.1. The van der Waals surface area contributed by atoms with Gasteiger partial charge >= 0.3 is 0 Å². The fourth-order valence-corrected chi connectivity index (χ4v) is 11.7. The molecule has 0 spiro atoms. The SMILES string of the molecule is [2H]C([2H])([2H])c1cccc(C([2H])([2H])[2H])c1-c1cc(-c2ccc3oc4ccccc4c3c2)c2c(c1)-c1ccccc1-c1ccccc1-c1cccc3c1[n+]-2[c-]n3-c1[c-]c(Oc2[c-]c3c(cc2)c2ccccc2n3-c2cc(C(C)(C)C)ccn2)ccc1.[Pt]. The van der Waals surface area contributed by atoms with Crippen LogP contribution < -0.4 is 9.30 Å². The van der Waals surface area contributed by atoms with Crippen molar-refractivity contribution in [3.8, 4) is 84.3 Å². The molecule has 0 N–H and O–H groups in total. The number of fused-ring (bicyclic) bond motifs is 13. The predicted octanol–water partition coefficient (Wildman–Crippen LogP) is 18.1. The van der Waals surface area contributed by atoms with E-state index in [0.717, 1.165) is 99.6 Å². The van der Waals surface area contributed by atoms with Crippen molar-refractivity contribution >= 4 is 54.8 Å². The van der Waals surface area contributed by atoms with Crippen molar-refractivity contribution < 1.29 is 43.0 Å². The molecule has 79 heavy (non-hydrogen) atoms. The van der Waals surface area contributed by atoms with Gasteiger partial charge in [-0.3, -0.25) is 4.57 Å². The third-order valence-corrected chi connectivity index (χ3v) is 15.4. The summed E-state index contributed by atoms with van der Waals surface area (Å²) in [4.78, 5) is 4.88. The number of furan rings is 1. The van der Waals surface area contributed by atoms with Crippen molar-refractivity contribution in [2.45, 2.75) is 39.9 Å². The van der Waals surface area contributed by atoms with Gasteiger partial charge in [-0.25, -0.2) is 4.98 Å². The number of aryl methyl sites for hydroxylation is 2. The summed E-state index contributed by atoms with van der Waals surface area (Å²) in [6.07, 6.45) is 5.73. The van der Waals surface area contributed by atoms with Gasteiger partial charge in [0.1, 0.15) is 17.0 Å². The van der Waals surface area contributed by atoms with Gasteiger partial charge in [-0.1, -0.05) is 154 Å². The van der Waals surface area contributed by atoms with Crippen molar-refractivity contribution in [3.63, 3.8) is 0 Å². The second kappa shape index (κ2) is 18.5. The van der Waals surface area contributed by atoms with Gasteiger partial charge in [-0.05, 0) is 151 Å². The summed E-state index contributed by atoms with van der Waals surface area (Å²) in [7, 11) is 0. The van der Waals surface area contributed by atoms with Crippen LogP contribution in [0.5, 0.6) is 11.5 Å². The Bertz CT molecular complexity index is 5010. The maximum absolute atomic E-state index is 8.86. The molecule has 0 radical (unpaired) electrons. The number of rotatable bonds is 6. The van der Waals surface area contributed by atoms with E-state index in [1.807, 2.05) is 114 Å². The first-order chi connectivity index (χ1) is 40.5. The number of para-hydroxylation sites is 3. The Morgan fingerprint density at radius 2 is 1.18 bits per heavy atom. The molecule has 1 aliphatic heterocycles. The molecule has 7 heteroatoms. The molecule has 15 rings (SSSR count). The standard InChI is InChI=1S/C72H50N4O2.Pt/c1-44-17-14-18-45(2)69(44)47-38-60(46-31-34-67-61(37-46)58-26-11-13-30-66(58)78-67)70-62(39-47)55-24-9-7-22-53(55)52-21-6-8-23-54(52)59-27-16-29-64-71(59)75(70)43-74(64)49-19-15-20-50(41-49)77-51-32-33-57-56-25-10-12-28-63(56)76(65(57)42-51)68-40-48(35-36-73-68)72(3,4)5;/h6-40H,1-5H3;/q-2;/i1D3,2D3;. The molecular formula is C72H50N4O2Pt-2. The van der Waals surface area contributed by atoms with Crippen LogP contribution in [0.2, 0.25) is 0 Å². The summed E-state index contributed by atoms with van der Waals surface area (Å²) in [5.41, 5.74) is 14.8. The van der Waals surface area contributed by atoms with Crippen LogP contribution in [0.4, 0.5) is 0 Å². The van der Waals surface area contributed by atoms with Gasteiger partial charge in [0.05, 0.1) is 16.7 Å². The Morgan fingerprint density at radius 3 is 1.96 bits per heavy atom. The Labute approximate surface area is 481 Å². The van der Waals surface area contributed by atoms with Gasteiger partial charge in [0, 0.05) is 63.3 Å². The molecule has 0 amide bonds. The summed E-state index contributed by atoms with van der Waals surface area (Å²) in [6.45, 7) is 1.28. The molecule has 10 aromatic carbocycles. The first kappa shape index (κ1) is 42.0. The quantitative estimate of drug-likeness (QED) is 0.123. The zero-order chi connectivity index (χ0) is 57.4. The Hall–Kier alpha value is -9.09. The normalized spacial score (nSPS) is 13.5. The minimum absolute atomic E-state index is 0. The molecule has 5 heterocycles. The first-order valence-corrected chi connectivity index (χ1v) is 26.1. The molecule has 0 saturated carbocycles. The van der Waals surface area contributed by atoms with Crippen LogP contribution in [0.25, 0.3) is 128 Å². The Kier molecular flexibility index (Phi) is 9.86. The number of aromatic nitrogens is 4. The van der Waals surface area contributed by atoms with E-state index < -0.39 is 13.7 Å². The van der Waals surface area contributed by atoms with E-state index in [4.69, 9.17) is 22.4 Å². The van der Waals surface area contributed by atoms with E-state index in [1.54, 1.807) is 0 Å². The van der Waals surface area contributed by atoms with Crippen molar-refractivity contribution in [1.29, 1.82) is 0 Å². The molecule has 4 aromatic heterocycles. The molecule has 0 atom stereocenters.